The summed E-state index contributed by atoms with van der Waals surface area (Å²) in [6.45, 7) is 2.05. The minimum absolute atomic E-state index is 0.0851. The number of carbonyl (C=O) groups is 2. The number of carbonyl (C=O) groups excluding carboxylic acids is 2. The zero-order chi connectivity index (χ0) is 20.0. The lowest BCUT2D eigenvalue weighted by atomic mass is 10.1. The Labute approximate surface area is 162 Å². The van der Waals surface area contributed by atoms with Crippen LogP contribution in [-0.4, -0.2) is 62.7 Å². The van der Waals surface area contributed by atoms with Crippen LogP contribution >= 0.6 is 11.8 Å². The van der Waals surface area contributed by atoms with Gasteiger partial charge in [-0.25, -0.2) is 4.99 Å². The van der Waals surface area contributed by atoms with E-state index in [0.29, 0.717) is 34.6 Å². The lowest BCUT2D eigenvalue weighted by Gasteiger charge is -2.13. The van der Waals surface area contributed by atoms with Crippen molar-refractivity contribution >= 4 is 34.9 Å². The molecule has 2 rings (SSSR count). The van der Waals surface area contributed by atoms with Gasteiger partial charge in [-0.15, -0.1) is 0 Å². The fourth-order valence-electron chi connectivity index (χ4n) is 2.38. The molecular weight excluding hydrogens is 372 g/mol. The fourth-order valence-corrected chi connectivity index (χ4v) is 3.15. The normalized spacial score (nSPS) is 15.0. The third-order valence-electron chi connectivity index (χ3n) is 3.64. The van der Waals surface area contributed by atoms with Gasteiger partial charge in [-0.3, -0.25) is 14.5 Å². The van der Waals surface area contributed by atoms with Crippen LogP contribution in [0.2, 0.25) is 0 Å². The number of esters is 1. The average Bonchev–Trinajstić information content (AvgIpc) is 2.93. The molecule has 27 heavy (non-hydrogen) atoms. The zero-order valence-electron chi connectivity index (χ0n) is 15.9. The molecule has 1 heterocycles. The molecule has 1 aromatic carbocycles. The number of methoxy groups -OCH3 is 3. The van der Waals surface area contributed by atoms with Crippen LogP contribution in [0.1, 0.15) is 12.5 Å². The summed E-state index contributed by atoms with van der Waals surface area (Å²) in [5.74, 6) is 0.878. The maximum atomic E-state index is 12.4. The molecule has 0 atom stereocenters. The van der Waals surface area contributed by atoms with Crippen LogP contribution in [-0.2, 0) is 14.3 Å². The van der Waals surface area contributed by atoms with Crippen molar-refractivity contribution in [1.29, 1.82) is 0 Å². The zero-order valence-corrected chi connectivity index (χ0v) is 16.7. The fraction of sp³-hybridized carbons (Fsp3) is 0.389. The lowest BCUT2D eigenvalue weighted by Crippen LogP contribution is -2.26. The third-order valence-corrected chi connectivity index (χ3v) is 4.65. The number of thioether (sulfide) groups is 1. The Kier molecular flexibility index (Phi) is 7.12. The Morgan fingerprint density at radius 1 is 1.19 bits per heavy atom. The summed E-state index contributed by atoms with van der Waals surface area (Å²) in [5.41, 5.74) is 0.916. The molecule has 1 aliphatic rings. The molecule has 9 heteroatoms. The number of benzene rings is 1. The second kappa shape index (κ2) is 9.31. The summed E-state index contributed by atoms with van der Waals surface area (Å²) >= 11 is 1.15. The molecule has 1 aromatic rings. The number of aliphatic imine (C=N–C) groups is 1. The summed E-state index contributed by atoms with van der Waals surface area (Å²) in [6.07, 6.45) is 1.63. The third kappa shape index (κ3) is 4.73. The van der Waals surface area contributed by atoms with E-state index in [2.05, 4.69) is 4.99 Å². The molecule has 0 aromatic heterocycles. The van der Waals surface area contributed by atoms with Gasteiger partial charge in [0.25, 0.3) is 5.91 Å². The lowest BCUT2D eigenvalue weighted by molar-refractivity contribution is -0.139. The molecule has 146 valence electrons. The van der Waals surface area contributed by atoms with E-state index in [0.717, 1.165) is 11.8 Å². The summed E-state index contributed by atoms with van der Waals surface area (Å²) in [5, 5.41) is 0.437. The summed E-state index contributed by atoms with van der Waals surface area (Å²) in [4.78, 5) is 29.7. The second-order valence-electron chi connectivity index (χ2n) is 5.34. The molecule has 8 nitrogen and oxygen atoms in total. The number of hydrogen-bond acceptors (Lipinski definition) is 8. The molecule has 0 saturated carbocycles. The first-order valence-corrected chi connectivity index (χ1v) is 9.10. The highest BCUT2D eigenvalue weighted by Crippen LogP contribution is 2.39. The van der Waals surface area contributed by atoms with Gasteiger partial charge >= 0.3 is 5.97 Å². The molecular formula is C18H22N2O6S. The van der Waals surface area contributed by atoms with E-state index in [1.807, 2.05) is 0 Å². The van der Waals surface area contributed by atoms with Crippen LogP contribution in [0.4, 0.5) is 0 Å². The van der Waals surface area contributed by atoms with Crippen molar-refractivity contribution in [2.24, 2.45) is 4.99 Å². The standard InChI is InChI=1S/C18H22N2O6S/c1-6-26-15(21)10-27-18-19-12(17(22)20(18)2)7-11-8-13(23-3)16(25-5)14(9-11)24-4/h7-9H,6,10H2,1-5H3/b12-7+. The number of rotatable bonds is 7. The van der Waals surface area contributed by atoms with Crippen LogP contribution in [0.15, 0.2) is 22.8 Å². The van der Waals surface area contributed by atoms with Gasteiger partial charge in [0.15, 0.2) is 16.7 Å². The minimum atomic E-state index is -0.354. The summed E-state index contributed by atoms with van der Waals surface area (Å²) in [7, 11) is 6.16. The molecule has 1 aliphatic heterocycles. The monoisotopic (exact) mass is 394 g/mol. The molecule has 0 saturated heterocycles. The number of ether oxygens (including phenoxy) is 4. The Bertz CT molecular complexity index is 765. The topological polar surface area (TPSA) is 86.7 Å². The second-order valence-corrected chi connectivity index (χ2v) is 6.28. The van der Waals surface area contributed by atoms with E-state index < -0.39 is 0 Å². The number of likely N-dealkylation sites (N-methyl/N-ethyl adjacent to an activating group) is 1. The predicted octanol–water partition coefficient (Wildman–Crippen LogP) is 2.18. The Morgan fingerprint density at radius 2 is 1.81 bits per heavy atom. The number of hydrogen-bond donors (Lipinski definition) is 0. The molecule has 0 aliphatic carbocycles. The first-order valence-electron chi connectivity index (χ1n) is 8.12. The van der Waals surface area contributed by atoms with Crippen molar-refractivity contribution in [2.45, 2.75) is 6.92 Å². The van der Waals surface area contributed by atoms with Gasteiger partial charge in [-0.05, 0) is 30.7 Å². The van der Waals surface area contributed by atoms with E-state index in [4.69, 9.17) is 18.9 Å². The van der Waals surface area contributed by atoms with E-state index >= 15 is 0 Å². The van der Waals surface area contributed by atoms with Crippen molar-refractivity contribution in [3.8, 4) is 17.2 Å². The predicted molar refractivity (Wildman–Crippen MR) is 103 cm³/mol. The summed E-state index contributed by atoms with van der Waals surface area (Å²) in [6, 6.07) is 3.45. The smallest absolute Gasteiger partial charge is 0.316 e. The van der Waals surface area contributed by atoms with E-state index in [1.54, 1.807) is 32.2 Å². The SMILES string of the molecule is CCOC(=O)CSC1=N/C(=C/c2cc(OC)c(OC)c(OC)c2)C(=O)N1C. The van der Waals surface area contributed by atoms with Crippen molar-refractivity contribution in [1.82, 2.24) is 4.90 Å². The maximum absolute atomic E-state index is 12.4. The van der Waals surface area contributed by atoms with Gasteiger partial charge in [0.05, 0.1) is 33.7 Å². The van der Waals surface area contributed by atoms with E-state index in [9.17, 15) is 9.59 Å². The van der Waals surface area contributed by atoms with Crippen molar-refractivity contribution in [3.63, 3.8) is 0 Å². The van der Waals surface area contributed by atoms with Crippen LogP contribution in [0.5, 0.6) is 17.2 Å². The molecule has 0 radical (unpaired) electrons. The van der Waals surface area contributed by atoms with Gasteiger partial charge in [-0.2, -0.15) is 0 Å². The van der Waals surface area contributed by atoms with Crippen LogP contribution in [0, 0.1) is 0 Å². The molecule has 0 N–H and O–H groups in total. The van der Waals surface area contributed by atoms with Crippen molar-refractivity contribution < 1.29 is 28.5 Å². The van der Waals surface area contributed by atoms with Crippen molar-refractivity contribution in [2.75, 3.05) is 40.7 Å². The van der Waals surface area contributed by atoms with Gasteiger partial charge in [0.2, 0.25) is 5.75 Å². The van der Waals surface area contributed by atoms with Gasteiger partial charge in [-0.1, -0.05) is 11.8 Å². The first-order chi connectivity index (χ1) is 12.9. The number of amidine groups is 1. The van der Waals surface area contributed by atoms with Gasteiger partial charge in [0, 0.05) is 7.05 Å². The van der Waals surface area contributed by atoms with E-state index in [1.165, 1.54) is 26.2 Å². The van der Waals surface area contributed by atoms with Crippen LogP contribution in [0.25, 0.3) is 6.08 Å². The Balaban J connectivity index is 2.29. The van der Waals surface area contributed by atoms with E-state index in [-0.39, 0.29) is 23.3 Å². The molecule has 1 amide bonds. The Hall–Kier alpha value is -2.68. The van der Waals surface area contributed by atoms with Crippen LogP contribution in [0.3, 0.4) is 0 Å². The van der Waals surface area contributed by atoms with Crippen LogP contribution < -0.4 is 14.2 Å². The number of amides is 1. The average molecular weight is 394 g/mol. The largest absolute Gasteiger partial charge is 0.493 e. The highest BCUT2D eigenvalue weighted by atomic mass is 32.2. The minimum Gasteiger partial charge on any atom is -0.493 e. The quantitative estimate of drug-likeness (QED) is 0.517. The number of nitrogens with zero attached hydrogens (tertiary/aromatic N) is 2. The molecule has 0 spiro atoms. The Morgan fingerprint density at radius 3 is 2.33 bits per heavy atom. The maximum Gasteiger partial charge on any atom is 0.316 e. The highest BCUT2D eigenvalue weighted by Gasteiger charge is 2.28. The molecule has 0 unspecified atom stereocenters. The summed E-state index contributed by atoms with van der Waals surface area (Å²) < 4.78 is 20.8. The van der Waals surface area contributed by atoms with Crippen molar-refractivity contribution in [3.05, 3.63) is 23.4 Å². The molecule has 0 bridgehead atoms. The van der Waals surface area contributed by atoms with Gasteiger partial charge in [0.1, 0.15) is 5.70 Å². The molecule has 0 fully saturated rings. The van der Waals surface area contributed by atoms with Gasteiger partial charge < -0.3 is 18.9 Å². The highest BCUT2D eigenvalue weighted by molar-refractivity contribution is 8.14. The first kappa shape index (κ1) is 20.6.